The second-order valence-corrected chi connectivity index (χ2v) is 8.50. The first-order valence-electron chi connectivity index (χ1n) is 12.0. The zero-order valence-electron chi connectivity index (χ0n) is 19.8. The highest BCUT2D eigenvalue weighted by molar-refractivity contribution is 6.03. The minimum absolute atomic E-state index is 0.0491. The van der Waals surface area contributed by atoms with Gasteiger partial charge >= 0.3 is 0 Å². The lowest BCUT2D eigenvalue weighted by atomic mass is 9.74. The Morgan fingerprint density at radius 2 is 1.39 bits per heavy atom. The van der Waals surface area contributed by atoms with Crippen LogP contribution in [0.15, 0.2) is 60.7 Å². The van der Waals surface area contributed by atoms with E-state index in [4.69, 9.17) is 4.74 Å². The van der Waals surface area contributed by atoms with Gasteiger partial charge in [0, 0.05) is 37.3 Å². The Hall–Kier alpha value is -3.47. The molecule has 1 amide bonds. The van der Waals surface area contributed by atoms with Gasteiger partial charge in [0.25, 0.3) is 5.91 Å². The van der Waals surface area contributed by atoms with Crippen molar-refractivity contribution in [2.75, 3.05) is 36.0 Å². The van der Waals surface area contributed by atoms with Crippen LogP contribution in [0.3, 0.4) is 0 Å². The number of ether oxygens (including phenoxy) is 1. The number of hydrogen-bond acceptors (Lipinski definition) is 4. The molecule has 0 saturated carbocycles. The average molecular weight is 442 g/mol. The lowest BCUT2D eigenvalue weighted by molar-refractivity contribution is 0.0947. The summed E-state index contributed by atoms with van der Waals surface area (Å²) in [6.07, 6.45) is 0. The number of rotatable bonds is 6. The van der Waals surface area contributed by atoms with Crippen LogP contribution in [0.5, 0.6) is 11.5 Å². The molecule has 1 spiro atoms. The lowest BCUT2D eigenvalue weighted by Crippen LogP contribution is -2.45. The molecule has 0 aromatic heterocycles. The maximum Gasteiger partial charge on any atom is 0.252 e. The van der Waals surface area contributed by atoms with E-state index < -0.39 is 5.54 Å². The van der Waals surface area contributed by atoms with E-state index in [1.807, 2.05) is 36.4 Å². The van der Waals surface area contributed by atoms with Gasteiger partial charge in [0.05, 0.1) is 16.9 Å². The van der Waals surface area contributed by atoms with Crippen LogP contribution in [0.2, 0.25) is 0 Å². The number of amides is 1. The van der Waals surface area contributed by atoms with Gasteiger partial charge in [-0.05, 0) is 57.5 Å². The van der Waals surface area contributed by atoms with E-state index in [-0.39, 0.29) is 5.91 Å². The van der Waals surface area contributed by atoms with Crippen molar-refractivity contribution in [3.63, 3.8) is 0 Å². The Balaban J connectivity index is 1.93. The minimum atomic E-state index is -0.807. The van der Waals surface area contributed by atoms with Crippen molar-refractivity contribution < 1.29 is 9.53 Å². The Kier molecular flexibility index (Phi) is 5.28. The summed E-state index contributed by atoms with van der Waals surface area (Å²) in [7, 11) is 0. The first-order valence-corrected chi connectivity index (χ1v) is 12.0. The van der Waals surface area contributed by atoms with Crippen LogP contribution in [0.4, 0.5) is 11.4 Å². The van der Waals surface area contributed by atoms with E-state index in [0.29, 0.717) is 0 Å². The van der Waals surface area contributed by atoms with Gasteiger partial charge in [0.2, 0.25) is 0 Å². The summed E-state index contributed by atoms with van der Waals surface area (Å²) in [6.45, 7) is 12.2. The van der Waals surface area contributed by atoms with Gasteiger partial charge in [-0.15, -0.1) is 0 Å². The molecule has 2 aliphatic rings. The molecule has 0 bridgehead atoms. The molecule has 1 unspecified atom stereocenters. The third-order valence-electron chi connectivity index (χ3n) is 7.06. The van der Waals surface area contributed by atoms with Gasteiger partial charge in [0.1, 0.15) is 17.0 Å². The molecular weight excluding hydrogens is 410 g/mol. The highest BCUT2D eigenvalue weighted by atomic mass is 16.5. The molecule has 5 rings (SSSR count). The number of anilines is 2. The van der Waals surface area contributed by atoms with E-state index in [0.717, 1.165) is 65.6 Å². The number of para-hydroxylation sites is 1. The highest BCUT2D eigenvalue weighted by Gasteiger charge is 2.52. The van der Waals surface area contributed by atoms with E-state index in [9.17, 15) is 4.79 Å². The van der Waals surface area contributed by atoms with E-state index >= 15 is 0 Å². The average Bonchev–Trinajstić information content (AvgIpc) is 3.14. The van der Waals surface area contributed by atoms with Crippen LogP contribution in [-0.4, -0.2) is 32.1 Å². The quantitative estimate of drug-likeness (QED) is 0.547. The van der Waals surface area contributed by atoms with Crippen LogP contribution in [0, 0.1) is 0 Å². The zero-order chi connectivity index (χ0) is 23.2. The van der Waals surface area contributed by atoms with Crippen molar-refractivity contribution in [1.29, 1.82) is 0 Å². The Morgan fingerprint density at radius 3 is 2.09 bits per heavy atom. The monoisotopic (exact) mass is 441 g/mol. The topological polar surface area (TPSA) is 44.8 Å². The Morgan fingerprint density at radius 1 is 0.758 bits per heavy atom. The number of hydrogen-bond donors (Lipinski definition) is 1. The van der Waals surface area contributed by atoms with Crippen molar-refractivity contribution in [3.8, 4) is 11.5 Å². The zero-order valence-corrected chi connectivity index (χ0v) is 19.8. The highest BCUT2D eigenvalue weighted by Crippen LogP contribution is 2.57. The summed E-state index contributed by atoms with van der Waals surface area (Å²) in [5.41, 5.74) is 5.19. The fraction of sp³-hybridized carbons (Fsp3) is 0.321. The number of benzene rings is 3. The standard InChI is InChI=1S/C28H31N3O2/c1-5-30(6-2)22-17-18-24-25(26(22)31(7-3)8-4)28(21-15-11-12-16-23(21)33-24)20-14-10-9-13-19(20)27(32)29-28/h9-18H,5-8H2,1-4H3,(H,29,32). The molecule has 3 aromatic carbocycles. The largest absolute Gasteiger partial charge is 0.456 e. The summed E-state index contributed by atoms with van der Waals surface area (Å²) >= 11 is 0. The summed E-state index contributed by atoms with van der Waals surface area (Å²) in [5, 5.41) is 3.43. The van der Waals surface area contributed by atoms with Crippen molar-refractivity contribution >= 4 is 17.3 Å². The molecular formula is C28H31N3O2. The maximum atomic E-state index is 13.3. The third kappa shape index (κ3) is 2.95. The predicted molar refractivity (Wildman–Crippen MR) is 134 cm³/mol. The number of carbonyl (C=O) groups excluding carboxylic acids is 1. The Bertz CT molecular complexity index is 1210. The van der Waals surface area contributed by atoms with Crippen LogP contribution in [0.1, 0.15) is 54.7 Å². The molecule has 1 N–H and O–H groups in total. The fourth-order valence-electron chi connectivity index (χ4n) is 5.53. The van der Waals surface area contributed by atoms with Gasteiger partial charge in [-0.3, -0.25) is 4.79 Å². The van der Waals surface area contributed by atoms with Crippen LogP contribution < -0.4 is 19.9 Å². The first-order chi connectivity index (χ1) is 16.1. The molecule has 0 saturated heterocycles. The van der Waals surface area contributed by atoms with Gasteiger partial charge in [0.15, 0.2) is 0 Å². The van der Waals surface area contributed by atoms with Crippen molar-refractivity contribution in [1.82, 2.24) is 5.32 Å². The molecule has 5 heteroatoms. The number of carbonyl (C=O) groups is 1. The van der Waals surface area contributed by atoms with Gasteiger partial charge in [-0.2, -0.15) is 0 Å². The third-order valence-corrected chi connectivity index (χ3v) is 7.06. The molecule has 0 fully saturated rings. The van der Waals surface area contributed by atoms with Gasteiger partial charge in [-0.25, -0.2) is 0 Å². The second kappa shape index (κ2) is 8.14. The summed E-state index contributed by atoms with van der Waals surface area (Å²) in [5.74, 6) is 1.53. The van der Waals surface area contributed by atoms with Crippen LogP contribution in [0.25, 0.3) is 0 Å². The van der Waals surface area contributed by atoms with Gasteiger partial charge in [-0.1, -0.05) is 36.4 Å². The normalized spacial score (nSPS) is 17.6. The van der Waals surface area contributed by atoms with E-state index in [1.165, 1.54) is 5.69 Å². The summed E-state index contributed by atoms with van der Waals surface area (Å²) < 4.78 is 6.50. The summed E-state index contributed by atoms with van der Waals surface area (Å²) in [4.78, 5) is 18.1. The molecule has 3 aromatic rings. The minimum Gasteiger partial charge on any atom is -0.456 e. The van der Waals surface area contributed by atoms with Crippen LogP contribution >= 0.6 is 0 Å². The molecule has 0 aliphatic carbocycles. The van der Waals surface area contributed by atoms with Crippen LogP contribution in [-0.2, 0) is 5.54 Å². The molecule has 5 nitrogen and oxygen atoms in total. The molecule has 2 heterocycles. The molecule has 170 valence electrons. The first kappa shape index (κ1) is 21.4. The molecule has 33 heavy (non-hydrogen) atoms. The van der Waals surface area contributed by atoms with Crippen molar-refractivity contribution in [2.45, 2.75) is 33.2 Å². The van der Waals surface area contributed by atoms with E-state index in [1.54, 1.807) is 0 Å². The molecule has 2 aliphatic heterocycles. The lowest BCUT2D eigenvalue weighted by Gasteiger charge is -2.42. The molecule has 0 radical (unpaired) electrons. The summed E-state index contributed by atoms with van der Waals surface area (Å²) in [6, 6.07) is 20.3. The number of fused-ring (bicyclic) bond motifs is 6. The van der Waals surface area contributed by atoms with Gasteiger partial charge < -0.3 is 19.9 Å². The number of nitrogens with one attached hydrogen (secondary N) is 1. The van der Waals surface area contributed by atoms with Crippen molar-refractivity contribution in [3.05, 3.63) is 82.9 Å². The maximum absolute atomic E-state index is 13.3. The Labute approximate surface area is 196 Å². The fourth-order valence-corrected chi connectivity index (χ4v) is 5.53. The molecule has 1 atom stereocenters. The smallest absolute Gasteiger partial charge is 0.252 e. The SMILES string of the molecule is CCN(CC)c1ccc2c(c1N(CC)CC)C1(NC(=O)c3ccccc31)c1ccccc1O2. The number of nitrogens with zero attached hydrogens (tertiary/aromatic N) is 2. The second-order valence-electron chi connectivity index (χ2n) is 8.50. The predicted octanol–water partition coefficient (Wildman–Crippen LogP) is 5.52. The van der Waals surface area contributed by atoms with Crippen molar-refractivity contribution in [2.24, 2.45) is 0 Å². The van der Waals surface area contributed by atoms with E-state index in [2.05, 4.69) is 67.1 Å².